The molecule has 0 unspecified atom stereocenters. The van der Waals surface area contributed by atoms with Gasteiger partial charge in [0, 0.05) is 11.1 Å². The van der Waals surface area contributed by atoms with Crippen molar-refractivity contribution in [2.75, 3.05) is 0 Å². The molecular formula is C13H11F2N3OS. The quantitative estimate of drug-likeness (QED) is 0.695. The van der Waals surface area contributed by atoms with Crippen LogP contribution in [0.3, 0.4) is 0 Å². The van der Waals surface area contributed by atoms with Crippen molar-refractivity contribution < 1.29 is 13.6 Å². The number of hydrogen-bond acceptors (Lipinski definition) is 4. The van der Waals surface area contributed by atoms with E-state index in [-0.39, 0.29) is 12.3 Å². The molecule has 0 saturated carbocycles. The van der Waals surface area contributed by atoms with Gasteiger partial charge in [0.1, 0.15) is 5.01 Å². The Morgan fingerprint density at radius 1 is 1.45 bits per heavy atom. The van der Waals surface area contributed by atoms with Crippen LogP contribution in [0, 0.1) is 18.6 Å². The van der Waals surface area contributed by atoms with Crippen molar-refractivity contribution in [3.8, 4) is 0 Å². The van der Waals surface area contributed by atoms with E-state index in [1.54, 1.807) is 0 Å². The van der Waals surface area contributed by atoms with E-state index in [1.807, 2.05) is 12.3 Å². The van der Waals surface area contributed by atoms with Crippen molar-refractivity contribution in [2.45, 2.75) is 13.3 Å². The number of nitrogens with one attached hydrogen (secondary N) is 1. The zero-order valence-electron chi connectivity index (χ0n) is 10.6. The topological polar surface area (TPSA) is 54.4 Å². The number of rotatable bonds is 4. The normalized spacial score (nSPS) is 10.9. The first-order valence-corrected chi connectivity index (χ1v) is 6.60. The lowest BCUT2D eigenvalue weighted by atomic mass is 10.2. The molecule has 0 bridgehead atoms. The molecule has 2 aromatic rings. The summed E-state index contributed by atoms with van der Waals surface area (Å²) < 4.78 is 25.6. The van der Waals surface area contributed by atoms with Gasteiger partial charge in [0.05, 0.1) is 12.6 Å². The second-order valence-corrected chi connectivity index (χ2v) is 4.97. The van der Waals surface area contributed by atoms with E-state index in [9.17, 15) is 13.6 Å². The van der Waals surface area contributed by atoms with Crippen LogP contribution in [0.2, 0.25) is 0 Å². The number of aromatic nitrogens is 1. The van der Waals surface area contributed by atoms with Crippen molar-refractivity contribution in [2.24, 2.45) is 5.10 Å². The highest BCUT2D eigenvalue weighted by molar-refractivity contribution is 7.09. The highest BCUT2D eigenvalue weighted by Crippen LogP contribution is 2.09. The molecule has 104 valence electrons. The molecule has 1 N–H and O–H groups in total. The first-order valence-electron chi connectivity index (χ1n) is 5.72. The predicted octanol–water partition coefficient (Wildman–Crippen LogP) is 2.42. The molecule has 2 rings (SSSR count). The van der Waals surface area contributed by atoms with Crippen LogP contribution in [0.15, 0.2) is 28.7 Å². The van der Waals surface area contributed by atoms with E-state index in [2.05, 4.69) is 15.5 Å². The first-order chi connectivity index (χ1) is 9.54. The molecule has 0 aliphatic rings. The molecule has 1 heterocycles. The van der Waals surface area contributed by atoms with Gasteiger partial charge in [-0.2, -0.15) is 5.10 Å². The van der Waals surface area contributed by atoms with E-state index in [1.165, 1.54) is 23.6 Å². The summed E-state index contributed by atoms with van der Waals surface area (Å²) in [6.45, 7) is 1.85. The molecule has 0 spiro atoms. The minimum absolute atomic E-state index is 0.133. The van der Waals surface area contributed by atoms with Gasteiger partial charge in [-0.3, -0.25) is 4.79 Å². The van der Waals surface area contributed by atoms with Gasteiger partial charge in [-0.15, -0.1) is 11.3 Å². The Morgan fingerprint density at radius 3 is 2.90 bits per heavy atom. The lowest BCUT2D eigenvalue weighted by Gasteiger charge is -1.97. The molecule has 0 radical (unpaired) electrons. The molecule has 1 aromatic carbocycles. The van der Waals surface area contributed by atoms with Crippen LogP contribution in [0.5, 0.6) is 0 Å². The van der Waals surface area contributed by atoms with Crippen molar-refractivity contribution in [1.29, 1.82) is 0 Å². The number of hydrogen-bond donors (Lipinski definition) is 1. The van der Waals surface area contributed by atoms with Crippen LogP contribution in [-0.4, -0.2) is 17.1 Å². The number of carbonyl (C=O) groups is 1. The lowest BCUT2D eigenvalue weighted by Crippen LogP contribution is -2.19. The lowest BCUT2D eigenvalue weighted by molar-refractivity contribution is -0.120. The van der Waals surface area contributed by atoms with Crippen molar-refractivity contribution >= 4 is 23.5 Å². The van der Waals surface area contributed by atoms with Crippen LogP contribution in [0.4, 0.5) is 8.78 Å². The first kappa shape index (κ1) is 14.3. The van der Waals surface area contributed by atoms with Crippen LogP contribution < -0.4 is 5.43 Å². The van der Waals surface area contributed by atoms with Crippen molar-refractivity contribution in [3.05, 3.63) is 51.5 Å². The summed E-state index contributed by atoms with van der Waals surface area (Å²) in [5.41, 5.74) is 3.52. The van der Waals surface area contributed by atoms with Gasteiger partial charge < -0.3 is 0 Å². The molecule has 0 aliphatic heterocycles. The number of halogens is 2. The second-order valence-electron chi connectivity index (χ2n) is 4.03. The number of carbonyl (C=O) groups excluding carboxylic acids is 1. The smallest absolute Gasteiger partial charge is 0.246 e. The largest absolute Gasteiger partial charge is 0.273 e. The third kappa shape index (κ3) is 3.92. The number of hydrazone groups is 1. The number of nitrogens with zero attached hydrogens (tertiary/aromatic N) is 2. The molecule has 1 amide bonds. The summed E-state index contributed by atoms with van der Waals surface area (Å²) in [4.78, 5) is 15.7. The minimum Gasteiger partial charge on any atom is -0.273 e. The van der Waals surface area contributed by atoms with Gasteiger partial charge in [0.2, 0.25) is 5.91 Å². The van der Waals surface area contributed by atoms with Crippen molar-refractivity contribution in [1.82, 2.24) is 10.4 Å². The van der Waals surface area contributed by atoms with Crippen LogP contribution in [-0.2, 0) is 11.2 Å². The summed E-state index contributed by atoms with van der Waals surface area (Å²) in [5.74, 6) is -2.21. The Balaban J connectivity index is 1.89. The fourth-order valence-corrected chi connectivity index (χ4v) is 2.20. The maximum absolute atomic E-state index is 12.9. The maximum Gasteiger partial charge on any atom is 0.246 e. The Labute approximate surface area is 118 Å². The molecule has 1 aromatic heterocycles. The second kappa shape index (κ2) is 6.33. The van der Waals surface area contributed by atoms with Crippen LogP contribution >= 0.6 is 11.3 Å². The Kier molecular flexibility index (Phi) is 4.52. The molecular weight excluding hydrogens is 284 g/mol. The van der Waals surface area contributed by atoms with E-state index < -0.39 is 11.6 Å². The summed E-state index contributed by atoms with van der Waals surface area (Å²) >= 11 is 1.40. The van der Waals surface area contributed by atoms with Gasteiger partial charge in [0.25, 0.3) is 0 Å². The highest BCUT2D eigenvalue weighted by Gasteiger charge is 2.05. The summed E-state index contributed by atoms with van der Waals surface area (Å²) in [6.07, 6.45) is 1.38. The van der Waals surface area contributed by atoms with E-state index >= 15 is 0 Å². The van der Waals surface area contributed by atoms with E-state index in [4.69, 9.17) is 0 Å². The number of amides is 1. The predicted molar refractivity (Wildman–Crippen MR) is 72.6 cm³/mol. The zero-order chi connectivity index (χ0) is 14.5. The number of benzene rings is 1. The van der Waals surface area contributed by atoms with Crippen LogP contribution in [0.1, 0.15) is 16.3 Å². The SMILES string of the molecule is Cc1csc(CC(=O)N/N=C\c2ccc(F)c(F)c2)n1. The standard InChI is InChI=1S/C13H11F2N3OS/c1-8-7-20-13(17-8)5-12(19)18-16-6-9-2-3-10(14)11(15)4-9/h2-4,6-7H,5H2,1H3,(H,18,19)/b16-6-. The van der Waals surface area contributed by atoms with E-state index in [0.29, 0.717) is 10.6 Å². The Hall–Kier alpha value is -2.15. The third-order valence-electron chi connectivity index (χ3n) is 2.32. The summed E-state index contributed by atoms with van der Waals surface area (Å²) in [6, 6.07) is 3.35. The van der Waals surface area contributed by atoms with Crippen molar-refractivity contribution in [3.63, 3.8) is 0 Å². The monoisotopic (exact) mass is 295 g/mol. The van der Waals surface area contributed by atoms with Gasteiger partial charge in [-0.25, -0.2) is 19.2 Å². The minimum atomic E-state index is -0.960. The average Bonchev–Trinajstić information content (AvgIpc) is 2.79. The zero-order valence-corrected chi connectivity index (χ0v) is 11.4. The molecule has 4 nitrogen and oxygen atoms in total. The van der Waals surface area contributed by atoms with Gasteiger partial charge in [-0.1, -0.05) is 6.07 Å². The molecule has 20 heavy (non-hydrogen) atoms. The maximum atomic E-state index is 12.9. The number of thiazole rings is 1. The average molecular weight is 295 g/mol. The summed E-state index contributed by atoms with van der Waals surface area (Å²) in [7, 11) is 0. The Bertz CT molecular complexity index is 655. The van der Waals surface area contributed by atoms with Gasteiger partial charge >= 0.3 is 0 Å². The Morgan fingerprint density at radius 2 is 2.25 bits per heavy atom. The molecule has 0 fully saturated rings. The molecule has 0 saturated heterocycles. The number of aryl methyl sites for hydroxylation is 1. The molecule has 7 heteroatoms. The van der Waals surface area contributed by atoms with Gasteiger partial charge in [-0.05, 0) is 24.6 Å². The summed E-state index contributed by atoms with van der Waals surface area (Å²) in [5, 5.41) is 6.23. The third-order valence-corrected chi connectivity index (χ3v) is 3.29. The molecule has 0 aliphatic carbocycles. The molecule has 0 atom stereocenters. The van der Waals surface area contributed by atoms with Gasteiger partial charge in [0.15, 0.2) is 11.6 Å². The highest BCUT2D eigenvalue weighted by atomic mass is 32.1. The fraction of sp³-hybridized carbons (Fsp3) is 0.154. The van der Waals surface area contributed by atoms with E-state index in [0.717, 1.165) is 17.8 Å². The fourth-order valence-electron chi connectivity index (χ4n) is 1.43. The van der Waals surface area contributed by atoms with Crippen LogP contribution in [0.25, 0.3) is 0 Å².